The molecule has 0 radical (unpaired) electrons. The molecule has 0 bridgehead atoms. The topological polar surface area (TPSA) is 26.3 Å². The van der Waals surface area contributed by atoms with Crippen molar-refractivity contribution in [1.82, 2.24) is 0 Å². The average Bonchev–Trinajstić information content (AvgIpc) is 2.20. The minimum Gasteiger partial charge on any atom is -0.321 e. The Bertz CT molecular complexity index is 313. The van der Waals surface area contributed by atoms with E-state index in [4.69, 9.17) is 4.52 Å². The molecule has 0 aromatic heterocycles. The van der Waals surface area contributed by atoms with Crippen LogP contribution in [-0.4, -0.2) is 12.8 Å². The lowest BCUT2D eigenvalue weighted by Crippen LogP contribution is -1.88. The molecule has 0 saturated carbocycles. The van der Waals surface area contributed by atoms with Crippen LogP contribution in [-0.2, 0) is 9.09 Å². The van der Waals surface area contributed by atoms with Crippen molar-refractivity contribution in [2.24, 2.45) is 0 Å². The van der Waals surface area contributed by atoms with Crippen molar-refractivity contribution < 1.29 is 9.09 Å². The summed E-state index contributed by atoms with van der Waals surface area (Å²) >= 11 is 1.35. The summed E-state index contributed by atoms with van der Waals surface area (Å²) in [7, 11) is 0. The van der Waals surface area contributed by atoms with E-state index in [9.17, 15) is 4.57 Å². The van der Waals surface area contributed by atoms with Crippen LogP contribution in [0, 0.1) is 0 Å². The Morgan fingerprint density at radius 1 is 1.29 bits per heavy atom. The summed E-state index contributed by atoms with van der Waals surface area (Å²) in [4.78, 5) is 1.01. The Hall–Kier alpha value is -0.240. The van der Waals surface area contributed by atoms with Crippen molar-refractivity contribution in [1.29, 1.82) is 0 Å². The zero-order valence-corrected chi connectivity index (χ0v) is 10.2. The molecule has 78 valence electrons. The van der Waals surface area contributed by atoms with Gasteiger partial charge in [0.05, 0.1) is 6.61 Å². The quantitative estimate of drug-likeness (QED) is 0.714. The van der Waals surface area contributed by atoms with E-state index < -0.39 is 6.57 Å². The van der Waals surface area contributed by atoms with Crippen molar-refractivity contribution in [2.75, 3.05) is 12.8 Å². The fourth-order valence-electron chi connectivity index (χ4n) is 1.02. The summed E-state index contributed by atoms with van der Waals surface area (Å²) < 4.78 is 17.4. The van der Waals surface area contributed by atoms with E-state index in [1.165, 1.54) is 11.4 Å². The monoisotopic (exact) mass is 230 g/mol. The maximum atomic E-state index is 12.1. The highest BCUT2D eigenvalue weighted by molar-refractivity contribution is 8.56. The zero-order valence-electron chi connectivity index (χ0n) is 8.47. The number of rotatable bonds is 5. The average molecular weight is 230 g/mol. The summed E-state index contributed by atoms with van der Waals surface area (Å²) in [6.07, 6.45) is 0.570. The number of hydrogen-bond donors (Lipinski definition) is 0. The van der Waals surface area contributed by atoms with E-state index in [0.717, 1.165) is 4.90 Å². The molecule has 0 aliphatic heterocycles. The standard InChI is InChI=1S/C10H15O2PS/c1-3-12-13(11,4-2)14-10-8-6-5-7-9-10/h5-9H,3-4H2,1-2H3/t13-/m1/s1. The van der Waals surface area contributed by atoms with Crippen molar-refractivity contribution in [3.8, 4) is 0 Å². The Balaban J connectivity index is 2.71. The largest absolute Gasteiger partial charge is 0.321 e. The second-order valence-electron chi connectivity index (χ2n) is 2.75. The minimum atomic E-state index is -2.51. The summed E-state index contributed by atoms with van der Waals surface area (Å²) in [6.45, 7) is 1.76. The van der Waals surface area contributed by atoms with Gasteiger partial charge in [0.2, 0.25) is 0 Å². The van der Waals surface area contributed by atoms with Gasteiger partial charge < -0.3 is 4.52 Å². The predicted molar refractivity (Wildman–Crippen MR) is 62.1 cm³/mol. The third kappa shape index (κ3) is 3.49. The van der Waals surface area contributed by atoms with E-state index in [1.807, 2.05) is 44.2 Å². The van der Waals surface area contributed by atoms with Crippen LogP contribution in [0.15, 0.2) is 35.2 Å². The molecule has 4 heteroatoms. The third-order valence-electron chi connectivity index (χ3n) is 1.70. The molecular formula is C10H15O2PS. The predicted octanol–water partition coefficient (Wildman–Crippen LogP) is 4.03. The summed E-state index contributed by atoms with van der Waals surface area (Å²) in [5.41, 5.74) is 0. The van der Waals surface area contributed by atoms with E-state index >= 15 is 0 Å². The van der Waals surface area contributed by atoms with Crippen LogP contribution in [0.25, 0.3) is 0 Å². The zero-order chi connectivity index (χ0) is 10.4. The highest BCUT2D eigenvalue weighted by Gasteiger charge is 2.21. The molecule has 0 fully saturated rings. The molecule has 0 spiro atoms. The van der Waals surface area contributed by atoms with Crippen LogP contribution in [0.4, 0.5) is 0 Å². The molecule has 1 rings (SSSR count). The van der Waals surface area contributed by atoms with Crippen LogP contribution in [0.2, 0.25) is 0 Å². The molecule has 0 amide bonds. The first-order chi connectivity index (χ1) is 6.70. The maximum Gasteiger partial charge on any atom is 0.262 e. The van der Waals surface area contributed by atoms with Gasteiger partial charge in [-0.25, -0.2) is 0 Å². The van der Waals surface area contributed by atoms with Gasteiger partial charge in [-0.05, 0) is 30.4 Å². The molecule has 0 aliphatic carbocycles. The SMILES string of the molecule is CCO[P@](=O)(CC)Sc1ccccc1. The molecule has 0 heterocycles. The van der Waals surface area contributed by atoms with Gasteiger partial charge in [0.15, 0.2) is 0 Å². The molecule has 0 N–H and O–H groups in total. The van der Waals surface area contributed by atoms with Crippen LogP contribution in [0.5, 0.6) is 0 Å². The van der Waals surface area contributed by atoms with Gasteiger partial charge in [-0.3, -0.25) is 4.57 Å². The smallest absolute Gasteiger partial charge is 0.262 e. The number of hydrogen-bond acceptors (Lipinski definition) is 3. The van der Waals surface area contributed by atoms with Gasteiger partial charge in [0, 0.05) is 11.1 Å². The van der Waals surface area contributed by atoms with Gasteiger partial charge in [0.1, 0.15) is 0 Å². The Labute approximate surface area is 89.3 Å². The van der Waals surface area contributed by atoms with Crippen LogP contribution in [0.3, 0.4) is 0 Å². The molecule has 1 aromatic rings. The molecule has 1 aromatic carbocycles. The lowest BCUT2D eigenvalue weighted by Gasteiger charge is -2.14. The highest BCUT2D eigenvalue weighted by atomic mass is 32.7. The Kier molecular flexibility index (Phi) is 4.73. The lowest BCUT2D eigenvalue weighted by atomic mass is 10.4. The van der Waals surface area contributed by atoms with Crippen molar-refractivity contribution in [2.45, 2.75) is 18.7 Å². The van der Waals surface area contributed by atoms with E-state index in [2.05, 4.69) is 0 Å². The fourth-order valence-corrected chi connectivity index (χ4v) is 4.57. The molecular weight excluding hydrogens is 215 g/mol. The van der Waals surface area contributed by atoms with Gasteiger partial charge in [-0.1, -0.05) is 25.1 Å². The van der Waals surface area contributed by atoms with E-state index in [1.54, 1.807) is 0 Å². The summed E-state index contributed by atoms with van der Waals surface area (Å²) in [5.74, 6) is 0. The van der Waals surface area contributed by atoms with Crippen molar-refractivity contribution in [3.63, 3.8) is 0 Å². The molecule has 0 unspecified atom stereocenters. The summed E-state index contributed by atoms with van der Waals surface area (Å²) in [6, 6.07) is 9.72. The first-order valence-corrected chi connectivity index (χ1v) is 7.91. The molecule has 2 nitrogen and oxygen atoms in total. The van der Waals surface area contributed by atoms with E-state index in [-0.39, 0.29) is 0 Å². The van der Waals surface area contributed by atoms with Gasteiger partial charge >= 0.3 is 0 Å². The fraction of sp³-hybridized carbons (Fsp3) is 0.400. The first kappa shape index (κ1) is 11.8. The Morgan fingerprint density at radius 2 is 1.93 bits per heavy atom. The van der Waals surface area contributed by atoms with Crippen LogP contribution in [0.1, 0.15) is 13.8 Å². The van der Waals surface area contributed by atoms with Crippen molar-refractivity contribution in [3.05, 3.63) is 30.3 Å². The second kappa shape index (κ2) is 5.59. The number of benzene rings is 1. The lowest BCUT2D eigenvalue weighted by molar-refractivity contribution is 0.347. The van der Waals surface area contributed by atoms with Crippen LogP contribution < -0.4 is 0 Å². The van der Waals surface area contributed by atoms with Crippen LogP contribution >= 0.6 is 18.0 Å². The highest BCUT2D eigenvalue weighted by Crippen LogP contribution is 2.62. The van der Waals surface area contributed by atoms with Gasteiger partial charge in [-0.15, -0.1) is 0 Å². The molecule has 0 saturated heterocycles. The minimum absolute atomic E-state index is 0.505. The Morgan fingerprint density at radius 3 is 2.43 bits per heavy atom. The third-order valence-corrected chi connectivity index (χ3v) is 6.45. The van der Waals surface area contributed by atoms with E-state index in [0.29, 0.717) is 12.8 Å². The van der Waals surface area contributed by atoms with Gasteiger partial charge in [-0.2, -0.15) is 0 Å². The molecule has 1 atom stereocenters. The van der Waals surface area contributed by atoms with Crippen molar-refractivity contribution >= 4 is 18.0 Å². The summed E-state index contributed by atoms with van der Waals surface area (Å²) in [5, 5.41) is 0. The second-order valence-corrected chi connectivity index (χ2v) is 7.73. The normalized spacial score (nSPS) is 15.0. The maximum absolute atomic E-state index is 12.1. The molecule has 0 aliphatic rings. The van der Waals surface area contributed by atoms with Gasteiger partial charge in [0.25, 0.3) is 6.57 Å². The first-order valence-electron chi connectivity index (χ1n) is 4.68. The molecule has 14 heavy (non-hydrogen) atoms.